The van der Waals surface area contributed by atoms with Crippen LogP contribution in [0.25, 0.3) is 0 Å². The standard InChI is InChI=1S/C22H31FN2O5S/c1-13(24-20(28)30-22(5,6)7)17(26)25-16(19(27)29-21(2,3)4)12-31-18(25)14-10-8-9-11-15(14)23/h8-11,13,16,18H,12H2,1-7H3,(H,24,28)/t13-,16+,18-/m1/s1. The summed E-state index contributed by atoms with van der Waals surface area (Å²) in [5, 5.41) is 1.77. The van der Waals surface area contributed by atoms with Gasteiger partial charge in [-0.15, -0.1) is 11.8 Å². The highest BCUT2D eigenvalue weighted by Gasteiger charge is 2.46. The zero-order valence-electron chi connectivity index (χ0n) is 19.0. The van der Waals surface area contributed by atoms with Crippen molar-refractivity contribution in [3.8, 4) is 0 Å². The maximum atomic E-state index is 14.5. The highest BCUT2D eigenvalue weighted by molar-refractivity contribution is 7.99. The van der Waals surface area contributed by atoms with Crippen LogP contribution in [0.1, 0.15) is 59.4 Å². The van der Waals surface area contributed by atoms with Gasteiger partial charge in [-0.25, -0.2) is 14.0 Å². The second-order valence-corrected chi connectivity index (χ2v) is 10.5. The zero-order chi connectivity index (χ0) is 23.6. The molecule has 2 rings (SSSR count). The predicted octanol–water partition coefficient (Wildman–Crippen LogP) is 4.02. The largest absolute Gasteiger partial charge is 0.458 e. The van der Waals surface area contributed by atoms with Gasteiger partial charge in [0.25, 0.3) is 0 Å². The number of thioether (sulfide) groups is 1. The van der Waals surface area contributed by atoms with Gasteiger partial charge in [-0.1, -0.05) is 18.2 Å². The van der Waals surface area contributed by atoms with Gasteiger partial charge in [0.1, 0.15) is 34.5 Å². The first kappa shape index (κ1) is 25.0. The molecular formula is C22H31FN2O5S. The number of nitrogens with one attached hydrogen (secondary N) is 1. The predicted molar refractivity (Wildman–Crippen MR) is 117 cm³/mol. The van der Waals surface area contributed by atoms with E-state index in [4.69, 9.17) is 9.47 Å². The van der Waals surface area contributed by atoms with Crippen molar-refractivity contribution in [2.75, 3.05) is 5.75 Å². The SMILES string of the molecule is C[C@@H](NC(=O)OC(C)(C)C)C(=O)N1[C@@H](c2ccccc2F)SC[C@H]1C(=O)OC(C)(C)C. The van der Waals surface area contributed by atoms with Gasteiger partial charge in [0, 0.05) is 11.3 Å². The van der Waals surface area contributed by atoms with Crippen molar-refractivity contribution in [3.63, 3.8) is 0 Å². The summed E-state index contributed by atoms with van der Waals surface area (Å²) in [5.41, 5.74) is -1.19. The highest BCUT2D eigenvalue weighted by atomic mass is 32.2. The number of hydrogen-bond donors (Lipinski definition) is 1. The van der Waals surface area contributed by atoms with E-state index in [1.165, 1.54) is 29.7 Å². The molecule has 1 aromatic rings. The minimum Gasteiger partial charge on any atom is -0.458 e. The Balaban J connectivity index is 2.31. The Kier molecular flexibility index (Phi) is 7.62. The average molecular weight is 455 g/mol. The van der Waals surface area contributed by atoms with Crippen molar-refractivity contribution in [1.82, 2.24) is 10.2 Å². The van der Waals surface area contributed by atoms with Crippen molar-refractivity contribution in [3.05, 3.63) is 35.6 Å². The van der Waals surface area contributed by atoms with Crippen LogP contribution in [0.15, 0.2) is 24.3 Å². The fraction of sp³-hybridized carbons (Fsp3) is 0.591. The molecule has 2 amide bonds. The molecule has 0 aliphatic carbocycles. The van der Waals surface area contributed by atoms with E-state index in [0.717, 1.165) is 0 Å². The molecule has 0 saturated carbocycles. The normalized spacial score (nSPS) is 20.2. The van der Waals surface area contributed by atoms with E-state index < -0.39 is 52.4 Å². The summed E-state index contributed by atoms with van der Waals surface area (Å²) in [6, 6.07) is 4.21. The minimum atomic E-state index is -0.993. The summed E-state index contributed by atoms with van der Waals surface area (Å²) in [6.07, 6.45) is -0.753. The molecule has 31 heavy (non-hydrogen) atoms. The molecule has 1 heterocycles. The summed E-state index contributed by atoms with van der Waals surface area (Å²) in [6.45, 7) is 11.8. The van der Waals surface area contributed by atoms with Crippen LogP contribution in [0.2, 0.25) is 0 Å². The number of halogens is 1. The lowest BCUT2D eigenvalue weighted by Crippen LogP contribution is -2.53. The molecular weight excluding hydrogens is 423 g/mol. The van der Waals surface area contributed by atoms with Gasteiger partial charge in [0.15, 0.2) is 0 Å². The molecule has 0 spiro atoms. The highest BCUT2D eigenvalue weighted by Crippen LogP contribution is 2.43. The van der Waals surface area contributed by atoms with E-state index in [-0.39, 0.29) is 11.3 Å². The molecule has 0 radical (unpaired) electrons. The Morgan fingerprint density at radius 3 is 2.23 bits per heavy atom. The van der Waals surface area contributed by atoms with Gasteiger partial charge in [-0.2, -0.15) is 0 Å². The number of nitrogens with zero attached hydrogens (tertiary/aromatic N) is 1. The molecule has 0 aromatic heterocycles. The Labute approximate surface area is 187 Å². The van der Waals surface area contributed by atoms with Crippen LogP contribution in [0, 0.1) is 5.82 Å². The molecule has 1 aliphatic heterocycles. The molecule has 1 aliphatic rings. The average Bonchev–Trinajstić information content (AvgIpc) is 3.03. The Hall–Kier alpha value is -2.29. The van der Waals surface area contributed by atoms with Gasteiger partial charge in [-0.05, 0) is 54.5 Å². The van der Waals surface area contributed by atoms with Crippen LogP contribution in [0.5, 0.6) is 0 Å². The molecule has 3 atom stereocenters. The molecule has 0 bridgehead atoms. The van der Waals surface area contributed by atoms with Crippen molar-refractivity contribution in [2.45, 2.75) is 77.1 Å². The van der Waals surface area contributed by atoms with Gasteiger partial charge < -0.3 is 19.7 Å². The van der Waals surface area contributed by atoms with Crippen LogP contribution in [0.3, 0.4) is 0 Å². The number of carbonyl (C=O) groups excluding carboxylic acids is 3. The van der Waals surface area contributed by atoms with Crippen molar-refractivity contribution in [1.29, 1.82) is 0 Å². The topological polar surface area (TPSA) is 84.9 Å². The van der Waals surface area contributed by atoms with E-state index in [0.29, 0.717) is 0 Å². The van der Waals surface area contributed by atoms with E-state index >= 15 is 0 Å². The molecule has 1 aromatic carbocycles. The zero-order valence-corrected chi connectivity index (χ0v) is 19.8. The Morgan fingerprint density at radius 1 is 1.10 bits per heavy atom. The Morgan fingerprint density at radius 2 is 1.68 bits per heavy atom. The van der Waals surface area contributed by atoms with Crippen LogP contribution in [-0.2, 0) is 19.1 Å². The van der Waals surface area contributed by atoms with E-state index in [1.54, 1.807) is 59.7 Å². The first-order valence-corrected chi connectivity index (χ1v) is 11.1. The molecule has 1 N–H and O–H groups in total. The summed E-state index contributed by atoms with van der Waals surface area (Å²) < 4.78 is 25.2. The van der Waals surface area contributed by atoms with E-state index in [2.05, 4.69) is 5.32 Å². The fourth-order valence-corrected chi connectivity index (χ4v) is 4.45. The molecule has 0 unspecified atom stereocenters. The molecule has 9 heteroatoms. The molecule has 7 nitrogen and oxygen atoms in total. The third-order valence-electron chi connectivity index (χ3n) is 4.21. The van der Waals surface area contributed by atoms with Crippen LogP contribution in [-0.4, -0.2) is 51.9 Å². The quantitative estimate of drug-likeness (QED) is 0.692. The first-order valence-electron chi connectivity index (χ1n) is 10.1. The minimum absolute atomic E-state index is 0.249. The monoisotopic (exact) mass is 454 g/mol. The lowest BCUT2D eigenvalue weighted by Gasteiger charge is -2.32. The fourth-order valence-electron chi connectivity index (χ4n) is 3.01. The lowest BCUT2D eigenvalue weighted by molar-refractivity contribution is -0.164. The van der Waals surface area contributed by atoms with Gasteiger partial charge >= 0.3 is 12.1 Å². The summed E-state index contributed by atoms with van der Waals surface area (Å²) >= 11 is 1.28. The third-order valence-corrected chi connectivity index (χ3v) is 5.51. The number of ether oxygens (including phenoxy) is 2. The number of esters is 1. The van der Waals surface area contributed by atoms with Crippen molar-refractivity contribution < 1.29 is 28.2 Å². The van der Waals surface area contributed by atoms with Gasteiger partial charge in [0.2, 0.25) is 5.91 Å². The number of hydrogen-bond acceptors (Lipinski definition) is 6. The van der Waals surface area contributed by atoms with Crippen molar-refractivity contribution >= 4 is 29.7 Å². The summed E-state index contributed by atoms with van der Waals surface area (Å²) in [7, 11) is 0. The van der Waals surface area contributed by atoms with Crippen LogP contribution < -0.4 is 5.32 Å². The van der Waals surface area contributed by atoms with Crippen LogP contribution >= 0.6 is 11.8 Å². The van der Waals surface area contributed by atoms with E-state index in [1.807, 2.05) is 0 Å². The molecule has 1 fully saturated rings. The number of alkyl carbamates (subject to hydrolysis) is 1. The first-order chi connectivity index (χ1) is 14.2. The van der Waals surface area contributed by atoms with Crippen molar-refractivity contribution in [2.24, 2.45) is 0 Å². The lowest BCUT2D eigenvalue weighted by atomic mass is 10.1. The smallest absolute Gasteiger partial charge is 0.408 e. The Bertz CT molecular complexity index is 834. The maximum Gasteiger partial charge on any atom is 0.408 e. The van der Waals surface area contributed by atoms with E-state index in [9.17, 15) is 18.8 Å². The molecule has 1 saturated heterocycles. The maximum absolute atomic E-state index is 14.5. The number of benzene rings is 1. The second-order valence-electron chi connectivity index (χ2n) is 9.37. The summed E-state index contributed by atoms with van der Waals surface area (Å²) in [4.78, 5) is 39.6. The number of rotatable bonds is 4. The molecule has 172 valence electrons. The summed E-state index contributed by atoms with van der Waals surface area (Å²) in [5.74, 6) is -1.33. The number of carbonyl (C=O) groups is 3. The van der Waals surface area contributed by atoms with Gasteiger partial charge in [0.05, 0.1) is 0 Å². The number of amides is 2. The van der Waals surface area contributed by atoms with Crippen LogP contribution in [0.4, 0.5) is 9.18 Å². The second kappa shape index (κ2) is 9.46. The van der Waals surface area contributed by atoms with Gasteiger partial charge in [-0.3, -0.25) is 4.79 Å². The third kappa shape index (κ3) is 6.85.